The third kappa shape index (κ3) is 3.25. The third-order valence-electron chi connectivity index (χ3n) is 2.33. The maximum Gasteiger partial charge on any atom is 0.315 e. The van der Waals surface area contributed by atoms with Gasteiger partial charge in [0.1, 0.15) is 5.02 Å². The van der Waals surface area contributed by atoms with E-state index in [-0.39, 0.29) is 23.2 Å². The Balaban J connectivity index is 2.06. The lowest BCUT2D eigenvalue weighted by Gasteiger charge is -2.07. The van der Waals surface area contributed by atoms with Crippen LogP contribution in [0.5, 0.6) is 5.75 Å². The Bertz CT molecular complexity index is 553. The van der Waals surface area contributed by atoms with Gasteiger partial charge in [-0.1, -0.05) is 59.6 Å². The summed E-state index contributed by atoms with van der Waals surface area (Å²) in [7, 11) is 0. The molecule has 2 rings (SSSR count). The van der Waals surface area contributed by atoms with Gasteiger partial charge in [-0.3, -0.25) is 4.79 Å². The Kier molecular flexibility index (Phi) is 4.24. The van der Waals surface area contributed by atoms with Gasteiger partial charge in [0, 0.05) is 0 Å². The van der Waals surface area contributed by atoms with Gasteiger partial charge in [-0.05, 0) is 17.7 Å². The van der Waals surface area contributed by atoms with Crippen molar-refractivity contribution in [1.29, 1.82) is 0 Å². The second-order valence-electron chi connectivity index (χ2n) is 3.69. The highest BCUT2D eigenvalue weighted by atomic mass is 35.5. The molecule has 4 heteroatoms. The van der Waals surface area contributed by atoms with Crippen LogP contribution in [0.4, 0.5) is 0 Å². The lowest BCUT2D eigenvalue weighted by Crippen LogP contribution is -2.11. The van der Waals surface area contributed by atoms with Crippen molar-refractivity contribution in [2.75, 3.05) is 0 Å². The first-order valence-electron chi connectivity index (χ1n) is 5.35. The van der Waals surface area contributed by atoms with Crippen LogP contribution in [0.1, 0.15) is 5.56 Å². The fourth-order valence-electron chi connectivity index (χ4n) is 1.48. The second-order valence-corrected chi connectivity index (χ2v) is 4.47. The van der Waals surface area contributed by atoms with Gasteiger partial charge in [-0.2, -0.15) is 0 Å². The molecule has 0 amide bonds. The highest BCUT2D eigenvalue weighted by Crippen LogP contribution is 2.31. The van der Waals surface area contributed by atoms with Crippen molar-refractivity contribution in [2.45, 2.75) is 6.42 Å². The zero-order valence-corrected chi connectivity index (χ0v) is 10.9. The van der Waals surface area contributed by atoms with E-state index in [0.717, 1.165) is 5.56 Å². The highest BCUT2D eigenvalue weighted by molar-refractivity contribution is 6.43. The van der Waals surface area contributed by atoms with E-state index in [1.807, 2.05) is 30.3 Å². The Morgan fingerprint density at radius 2 is 1.72 bits per heavy atom. The monoisotopic (exact) mass is 280 g/mol. The van der Waals surface area contributed by atoms with E-state index in [1.165, 1.54) is 0 Å². The van der Waals surface area contributed by atoms with Crippen molar-refractivity contribution >= 4 is 29.2 Å². The number of benzene rings is 2. The average molecular weight is 281 g/mol. The summed E-state index contributed by atoms with van der Waals surface area (Å²) in [6.07, 6.45) is 0.198. The van der Waals surface area contributed by atoms with Crippen LogP contribution in [0.15, 0.2) is 48.5 Å². The van der Waals surface area contributed by atoms with Gasteiger partial charge in [-0.15, -0.1) is 0 Å². The summed E-state index contributed by atoms with van der Waals surface area (Å²) in [5.74, 6) is -0.0875. The summed E-state index contributed by atoms with van der Waals surface area (Å²) in [6.45, 7) is 0. The molecule has 92 valence electrons. The molecule has 0 aliphatic carbocycles. The van der Waals surface area contributed by atoms with Gasteiger partial charge in [-0.25, -0.2) is 0 Å². The van der Waals surface area contributed by atoms with Gasteiger partial charge in [0.05, 0.1) is 11.4 Å². The Hall–Kier alpha value is -1.51. The normalized spacial score (nSPS) is 10.1. The molecule has 0 saturated heterocycles. The van der Waals surface area contributed by atoms with Crippen molar-refractivity contribution in [1.82, 2.24) is 0 Å². The minimum absolute atomic E-state index is 0.198. The minimum atomic E-state index is -0.370. The van der Waals surface area contributed by atoms with E-state index in [1.54, 1.807) is 18.2 Å². The lowest BCUT2D eigenvalue weighted by molar-refractivity contribution is -0.133. The van der Waals surface area contributed by atoms with E-state index in [0.29, 0.717) is 5.02 Å². The molecule has 0 bridgehead atoms. The quantitative estimate of drug-likeness (QED) is 0.624. The molecule has 2 aromatic rings. The SMILES string of the molecule is O=C(Cc1ccccc1)Oc1cccc(Cl)c1Cl. The number of hydrogen-bond donors (Lipinski definition) is 0. The first kappa shape index (κ1) is 12.9. The largest absolute Gasteiger partial charge is 0.425 e. The number of carbonyl (C=O) groups is 1. The van der Waals surface area contributed by atoms with E-state index in [9.17, 15) is 4.79 Å². The number of ether oxygens (including phenoxy) is 1. The van der Waals surface area contributed by atoms with Crippen molar-refractivity contribution in [3.63, 3.8) is 0 Å². The molecule has 0 radical (unpaired) electrons. The molecule has 18 heavy (non-hydrogen) atoms. The Morgan fingerprint density at radius 1 is 1.00 bits per heavy atom. The van der Waals surface area contributed by atoms with E-state index in [4.69, 9.17) is 27.9 Å². The predicted molar refractivity (Wildman–Crippen MR) is 72.2 cm³/mol. The number of hydrogen-bond acceptors (Lipinski definition) is 2. The summed E-state index contributed by atoms with van der Waals surface area (Å²) < 4.78 is 5.17. The number of rotatable bonds is 3. The fraction of sp³-hybridized carbons (Fsp3) is 0.0714. The summed E-state index contributed by atoms with van der Waals surface area (Å²) in [5.41, 5.74) is 0.889. The fourth-order valence-corrected chi connectivity index (χ4v) is 1.81. The van der Waals surface area contributed by atoms with Crippen LogP contribution in [0.3, 0.4) is 0 Å². The van der Waals surface area contributed by atoms with Crippen LogP contribution < -0.4 is 4.74 Å². The molecule has 0 aliphatic heterocycles. The molecule has 0 aromatic heterocycles. The molecule has 0 heterocycles. The maximum atomic E-state index is 11.7. The van der Waals surface area contributed by atoms with Crippen LogP contribution in [-0.4, -0.2) is 5.97 Å². The molecular weight excluding hydrogens is 271 g/mol. The summed E-state index contributed by atoms with van der Waals surface area (Å²) in [5, 5.41) is 0.613. The molecule has 2 nitrogen and oxygen atoms in total. The topological polar surface area (TPSA) is 26.3 Å². The highest BCUT2D eigenvalue weighted by Gasteiger charge is 2.10. The molecule has 0 aliphatic rings. The van der Waals surface area contributed by atoms with Crippen molar-refractivity contribution < 1.29 is 9.53 Å². The van der Waals surface area contributed by atoms with Crippen LogP contribution in [-0.2, 0) is 11.2 Å². The van der Waals surface area contributed by atoms with Gasteiger partial charge in [0.15, 0.2) is 5.75 Å². The predicted octanol–water partition coefficient (Wildman–Crippen LogP) is 4.14. The Morgan fingerprint density at radius 3 is 2.44 bits per heavy atom. The molecular formula is C14H10Cl2O2. The van der Waals surface area contributed by atoms with Gasteiger partial charge in [0.25, 0.3) is 0 Å². The summed E-state index contributed by atoms with van der Waals surface area (Å²) >= 11 is 11.8. The first-order chi connectivity index (χ1) is 8.66. The smallest absolute Gasteiger partial charge is 0.315 e. The Labute approximate surface area is 115 Å². The van der Waals surface area contributed by atoms with Crippen molar-refractivity contribution in [3.05, 3.63) is 64.1 Å². The zero-order chi connectivity index (χ0) is 13.0. The van der Waals surface area contributed by atoms with E-state index in [2.05, 4.69) is 0 Å². The van der Waals surface area contributed by atoms with Crippen molar-refractivity contribution in [3.8, 4) is 5.75 Å². The van der Waals surface area contributed by atoms with Gasteiger partial charge < -0.3 is 4.74 Å². The van der Waals surface area contributed by atoms with Gasteiger partial charge in [0.2, 0.25) is 0 Å². The van der Waals surface area contributed by atoms with Crippen molar-refractivity contribution in [2.24, 2.45) is 0 Å². The maximum absolute atomic E-state index is 11.7. The summed E-state index contributed by atoms with van der Waals surface area (Å²) in [4.78, 5) is 11.7. The molecule has 0 saturated carbocycles. The third-order valence-corrected chi connectivity index (χ3v) is 3.13. The molecule has 0 fully saturated rings. The zero-order valence-electron chi connectivity index (χ0n) is 9.40. The van der Waals surface area contributed by atoms with Crippen LogP contribution >= 0.6 is 23.2 Å². The van der Waals surface area contributed by atoms with Crippen LogP contribution in [0, 0.1) is 0 Å². The number of carbonyl (C=O) groups excluding carboxylic acids is 1. The molecule has 2 aromatic carbocycles. The van der Waals surface area contributed by atoms with E-state index >= 15 is 0 Å². The lowest BCUT2D eigenvalue weighted by atomic mass is 10.2. The number of halogens is 2. The number of esters is 1. The molecule has 0 atom stereocenters. The standard InChI is InChI=1S/C14H10Cl2O2/c15-11-7-4-8-12(14(11)16)18-13(17)9-10-5-2-1-3-6-10/h1-8H,9H2. The van der Waals surface area contributed by atoms with E-state index < -0.39 is 0 Å². The van der Waals surface area contributed by atoms with Crippen LogP contribution in [0.2, 0.25) is 10.0 Å². The molecule has 0 unspecified atom stereocenters. The molecule has 0 N–H and O–H groups in total. The summed E-state index contributed by atoms with van der Waals surface area (Å²) in [6, 6.07) is 14.3. The minimum Gasteiger partial charge on any atom is -0.425 e. The van der Waals surface area contributed by atoms with Gasteiger partial charge >= 0.3 is 5.97 Å². The second kappa shape index (κ2) is 5.89. The average Bonchev–Trinajstić information content (AvgIpc) is 2.36. The molecule has 0 spiro atoms. The first-order valence-corrected chi connectivity index (χ1v) is 6.11. The van der Waals surface area contributed by atoms with Crippen LogP contribution in [0.25, 0.3) is 0 Å².